The van der Waals surface area contributed by atoms with Crippen LogP contribution in [0.3, 0.4) is 0 Å². The van der Waals surface area contributed by atoms with Gasteiger partial charge in [0.25, 0.3) is 0 Å². The molecule has 3 aliphatic rings. The minimum absolute atomic E-state index is 0.0549. The third-order valence-corrected chi connectivity index (χ3v) is 5.62. The molecule has 20 heavy (non-hydrogen) atoms. The van der Waals surface area contributed by atoms with E-state index in [0.29, 0.717) is 5.78 Å². The lowest BCUT2D eigenvalue weighted by atomic mass is 9.73. The van der Waals surface area contributed by atoms with Crippen LogP contribution in [0, 0.1) is 11.8 Å². The number of carbonyl (C=O) groups excluding carboxylic acids is 1. The number of Topliss-reactive ketones (excluding diaryl/α,β-unsaturated/α-hetero) is 1. The first-order valence-electron chi connectivity index (χ1n) is 8.56. The predicted molar refractivity (Wildman–Crippen MR) is 80.6 cm³/mol. The van der Waals surface area contributed by atoms with Crippen LogP contribution in [0.25, 0.3) is 0 Å². The van der Waals surface area contributed by atoms with Crippen molar-refractivity contribution in [2.24, 2.45) is 11.8 Å². The summed E-state index contributed by atoms with van der Waals surface area (Å²) in [4.78, 5) is 12.8. The molecule has 1 saturated carbocycles. The van der Waals surface area contributed by atoms with E-state index < -0.39 is 0 Å². The summed E-state index contributed by atoms with van der Waals surface area (Å²) in [5.41, 5.74) is 1.18. The van der Waals surface area contributed by atoms with Crippen molar-refractivity contribution in [2.45, 2.75) is 76.7 Å². The van der Waals surface area contributed by atoms with Crippen molar-refractivity contribution in [1.82, 2.24) is 0 Å². The summed E-state index contributed by atoms with van der Waals surface area (Å²) in [6, 6.07) is 0. The fourth-order valence-electron chi connectivity index (χ4n) is 4.25. The minimum Gasteiger partial charge on any atom is -0.375 e. The van der Waals surface area contributed by atoms with Crippen LogP contribution in [0.4, 0.5) is 0 Å². The molecular formula is C18H28O2. The fraction of sp³-hybridized carbons (Fsp3) is 0.833. The summed E-state index contributed by atoms with van der Waals surface area (Å²) in [5, 5.41) is 0. The van der Waals surface area contributed by atoms with Gasteiger partial charge < -0.3 is 4.74 Å². The molecule has 2 fully saturated rings. The zero-order valence-corrected chi connectivity index (χ0v) is 12.8. The third-order valence-electron chi connectivity index (χ3n) is 5.62. The molecule has 0 N–H and O–H groups in total. The van der Waals surface area contributed by atoms with Crippen LogP contribution in [0.1, 0.15) is 71.1 Å². The molecule has 1 saturated heterocycles. The van der Waals surface area contributed by atoms with Gasteiger partial charge in [0.05, 0.1) is 5.60 Å². The van der Waals surface area contributed by atoms with Crippen molar-refractivity contribution in [2.75, 3.05) is 6.61 Å². The van der Waals surface area contributed by atoms with Crippen LogP contribution < -0.4 is 0 Å². The van der Waals surface area contributed by atoms with Crippen molar-refractivity contribution >= 4 is 5.78 Å². The van der Waals surface area contributed by atoms with Gasteiger partial charge in [0.15, 0.2) is 5.78 Å². The Morgan fingerprint density at radius 1 is 1.25 bits per heavy atom. The Morgan fingerprint density at radius 3 is 2.75 bits per heavy atom. The Bertz CT molecular complexity index is 385. The molecule has 112 valence electrons. The van der Waals surface area contributed by atoms with Gasteiger partial charge >= 0.3 is 0 Å². The second kappa shape index (κ2) is 6.01. The fourth-order valence-corrected chi connectivity index (χ4v) is 4.25. The minimum atomic E-state index is 0.0549. The van der Waals surface area contributed by atoms with Crippen LogP contribution in [0.15, 0.2) is 11.6 Å². The smallest absolute Gasteiger partial charge is 0.161 e. The van der Waals surface area contributed by atoms with Gasteiger partial charge in [-0.25, -0.2) is 0 Å². The molecule has 1 spiro atoms. The molecule has 0 aromatic carbocycles. The van der Waals surface area contributed by atoms with E-state index in [4.69, 9.17) is 4.74 Å². The van der Waals surface area contributed by atoms with Gasteiger partial charge in [0, 0.05) is 12.5 Å². The first-order chi connectivity index (χ1) is 9.69. The van der Waals surface area contributed by atoms with Gasteiger partial charge in [-0.2, -0.15) is 0 Å². The summed E-state index contributed by atoms with van der Waals surface area (Å²) >= 11 is 0. The Kier molecular flexibility index (Phi) is 4.30. The third kappa shape index (κ3) is 3.00. The quantitative estimate of drug-likeness (QED) is 0.745. The van der Waals surface area contributed by atoms with Crippen LogP contribution in [0.2, 0.25) is 0 Å². The highest BCUT2D eigenvalue weighted by Crippen LogP contribution is 2.42. The van der Waals surface area contributed by atoms with Crippen molar-refractivity contribution in [3.8, 4) is 0 Å². The molecular weight excluding hydrogens is 248 g/mol. The molecule has 1 aliphatic heterocycles. The van der Waals surface area contributed by atoms with E-state index in [1.54, 1.807) is 0 Å². The number of ether oxygens (including phenoxy) is 1. The first kappa shape index (κ1) is 14.3. The number of hydrogen-bond donors (Lipinski definition) is 0. The van der Waals surface area contributed by atoms with Crippen LogP contribution in [-0.4, -0.2) is 18.0 Å². The highest BCUT2D eigenvalue weighted by atomic mass is 16.5. The molecule has 2 nitrogen and oxygen atoms in total. The van der Waals surface area contributed by atoms with E-state index in [0.717, 1.165) is 43.8 Å². The lowest BCUT2D eigenvalue weighted by molar-refractivity contribution is -0.140. The maximum absolute atomic E-state index is 12.8. The van der Waals surface area contributed by atoms with Crippen LogP contribution in [-0.2, 0) is 9.53 Å². The molecule has 2 unspecified atom stereocenters. The standard InChI is InChI=1S/C18H28O2/c1-14-5-7-15(8-6-14)17(19)16-9-12-20-18(13-16)10-3-2-4-11-18/h7,14,16H,2-6,8-13H2,1H3. The first-order valence-corrected chi connectivity index (χ1v) is 8.56. The molecule has 0 radical (unpaired) electrons. The molecule has 0 amide bonds. The Hall–Kier alpha value is -0.630. The second-order valence-corrected chi connectivity index (χ2v) is 7.26. The predicted octanol–water partition coefficient (Wildman–Crippen LogP) is 4.43. The SMILES string of the molecule is CC1CC=C(C(=O)C2CCOC3(CCCCC3)C2)CC1. The number of rotatable bonds is 2. The van der Waals surface area contributed by atoms with Gasteiger partial charge in [-0.05, 0) is 56.4 Å². The number of ketones is 1. The zero-order chi connectivity index (χ0) is 14.0. The Balaban J connectivity index is 1.66. The van der Waals surface area contributed by atoms with E-state index >= 15 is 0 Å². The summed E-state index contributed by atoms with van der Waals surface area (Å²) in [6.07, 6.45) is 13.7. The zero-order valence-electron chi connectivity index (χ0n) is 12.8. The second-order valence-electron chi connectivity index (χ2n) is 7.26. The molecule has 0 bridgehead atoms. The monoisotopic (exact) mass is 276 g/mol. The Labute approximate surface area is 123 Å². The normalized spacial score (nSPS) is 33.8. The maximum atomic E-state index is 12.8. The topological polar surface area (TPSA) is 26.3 Å². The molecule has 3 rings (SSSR count). The summed E-state index contributed by atoms with van der Waals surface area (Å²) in [7, 11) is 0. The van der Waals surface area contributed by atoms with Gasteiger partial charge in [-0.1, -0.05) is 32.3 Å². The lowest BCUT2D eigenvalue weighted by Crippen LogP contribution is -2.43. The Morgan fingerprint density at radius 2 is 2.05 bits per heavy atom. The van der Waals surface area contributed by atoms with E-state index in [9.17, 15) is 4.79 Å². The molecule has 0 aromatic heterocycles. The van der Waals surface area contributed by atoms with E-state index in [2.05, 4.69) is 13.0 Å². The van der Waals surface area contributed by atoms with E-state index in [1.165, 1.54) is 38.5 Å². The molecule has 2 heteroatoms. The largest absolute Gasteiger partial charge is 0.375 e. The summed E-state index contributed by atoms with van der Waals surface area (Å²) in [5.74, 6) is 1.44. The van der Waals surface area contributed by atoms with Gasteiger partial charge in [0.1, 0.15) is 0 Å². The van der Waals surface area contributed by atoms with Crippen molar-refractivity contribution in [1.29, 1.82) is 0 Å². The summed E-state index contributed by atoms with van der Waals surface area (Å²) in [6.45, 7) is 3.07. The highest BCUT2D eigenvalue weighted by molar-refractivity contribution is 5.97. The molecule has 2 atom stereocenters. The lowest BCUT2D eigenvalue weighted by Gasteiger charge is -2.43. The van der Waals surface area contributed by atoms with Crippen LogP contribution >= 0.6 is 0 Å². The molecule has 1 heterocycles. The number of carbonyl (C=O) groups is 1. The average Bonchev–Trinajstić information content (AvgIpc) is 2.48. The van der Waals surface area contributed by atoms with E-state index in [1.807, 2.05) is 0 Å². The van der Waals surface area contributed by atoms with Crippen molar-refractivity contribution in [3.05, 3.63) is 11.6 Å². The van der Waals surface area contributed by atoms with Gasteiger partial charge in [-0.3, -0.25) is 4.79 Å². The van der Waals surface area contributed by atoms with E-state index in [-0.39, 0.29) is 11.5 Å². The highest BCUT2D eigenvalue weighted by Gasteiger charge is 2.41. The molecule has 0 aromatic rings. The van der Waals surface area contributed by atoms with Crippen LogP contribution in [0.5, 0.6) is 0 Å². The summed E-state index contributed by atoms with van der Waals surface area (Å²) < 4.78 is 6.12. The average molecular weight is 276 g/mol. The van der Waals surface area contributed by atoms with Gasteiger partial charge in [0.2, 0.25) is 0 Å². The van der Waals surface area contributed by atoms with Crippen molar-refractivity contribution in [3.63, 3.8) is 0 Å². The maximum Gasteiger partial charge on any atom is 0.161 e. The molecule has 2 aliphatic carbocycles. The number of allylic oxidation sites excluding steroid dienone is 2. The number of hydrogen-bond acceptors (Lipinski definition) is 2. The van der Waals surface area contributed by atoms with Crippen molar-refractivity contribution < 1.29 is 9.53 Å². The van der Waals surface area contributed by atoms with Gasteiger partial charge in [-0.15, -0.1) is 0 Å².